The van der Waals surface area contributed by atoms with Gasteiger partial charge in [0.05, 0.1) is 19.9 Å². The first kappa shape index (κ1) is 22.2. The number of aromatic nitrogens is 3. The zero-order chi connectivity index (χ0) is 23.5. The maximum Gasteiger partial charge on any atom is 0.257 e. The highest BCUT2D eigenvalue weighted by Crippen LogP contribution is 2.27. The molecule has 0 unspecified atom stereocenters. The number of carbonyl (C=O) groups excluding carboxylic acids is 1. The number of thiocarbonyl (C=S) groups is 1. The molecule has 0 radical (unpaired) electrons. The molecule has 0 aliphatic heterocycles. The van der Waals surface area contributed by atoms with Crippen molar-refractivity contribution in [1.29, 1.82) is 0 Å². The molecule has 1 amide bonds. The van der Waals surface area contributed by atoms with Gasteiger partial charge in [-0.1, -0.05) is 0 Å². The molecule has 0 saturated heterocycles. The predicted octanol–water partition coefficient (Wildman–Crippen LogP) is 4.01. The van der Waals surface area contributed by atoms with Crippen molar-refractivity contribution >= 4 is 40.0 Å². The predicted molar refractivity (Wildman–Crippen MR) is 127 cm³/mol. The monoisotopic (exact) mass is 465 g/mol. The highest BCUT2D eigenvalue weighted by Gasteiger charge is 2.14. The van der Waals surface area contributed by atoms with E-state index in [-0.39, 0.29) is 10.9 Å². The summed E-state index contributed by atoms with van der Waals surface area (Å²) in [5.41, 5.74) is 3.82. The second-order valence-electron chi connectivity index (χ2n) is 7.10. The van der Waals surface area contributed by atoms with Gasteiger partial charge < -0.3 is 14.8 Å². The molecule has 0 spiro atoms. The van der Waals surface area contributed by atoms with Crippen molar-refractivity contribution in [2.24, 2.45) is 0 Å². The van der Waals surface area contributed by atoms with Crippen molar-refractivity contribution in [3.8, 4) is 17.2 Å². The van der Waals surface area contributed by atoms with Crippen LogP contribution in [-0.2, 0) is 0 Å². The molecule has 4 rings (SSSR count). The zero-order valence-electron chi connectivity index (χ0n) is 18.0. The third-order valence-electron chi connectivity index (χ3n) is 4.91. The van der Waals surface area contributed by atoms with Gasteiger partial charge in [0, 0.05) is 11.3 Å². The first-order chi connectivity index (χ1) is 15.9. The lowest BCUT2D eigenvalue weighted by molar-refractivity contribution is 0.0977. The number of methoxy groups -OCH3 is 2. The van der Waals surface area contributed by atoms with Crippen molar-refractivity contribution in [3.63, 3.8) is 0 Å². The number of benzene rings is 3. The third kappa shape index (κ3) is 4.75. The summed E-state index contributed by atoms with van der Waals surface area (Å²) >= 11 is 5.32. The van der Waals surface area contributed by atoms with Crippen LogP contribution in [0, 0.1) is 12.7 Å². The standard InChI is InChI=1S/C23H20FN5O3S/c1-13-10-18-19(28-29(27-18)16-7-5-15(24)6-8-16)12-17(13)25-23(33)26-22(30)14-4-9-20(31-2)21(11-14)32-3/h4-12H,1-3H3,(H2,25,26,30,33). The minimum absolute atomic E-state index is 0.128. The average Bonchev–Trinajstić information content (AvgIpc) is 3.21. The molecule has 168 valence electrons. The summed E-state index contributed by atoms with van der Waals surface area (Å²) < 4.78 is 23.6. The van der Waals surface area contributed by atoms with Crippen LogP contribution in [0.1, 0.15) is 15.9 Å². The van der Waals surface area contributed by atoms with Gasteiger partial charge in [0.1, 0.15) is 16.9 Å². The van der Waals surface area contributed by atoms with Gasteiger partial charge >= 0.3 is 0 Å². The molecule has 2 N–H and O–H groups in total. The Kier molecular flexibility index (Phi) is 6.18. The van der Waals surface area contributed by atoms with Gasteiger partial charge in [0.25, 0.3) is 5.91 Å². The van der Waals surface area contributed by atoms with E-state index >= 15 is 0 Å². The molecule has 1 heterocycles. The molecule has 10 heteroatoms. The van der Waals surface area contributed by atoms with E-state index in [0.29, 0.717) is 39.5 Å². The molecular weight excluding hydrogens is 445 g/mol. The summed E-state index contributed by atoms with van der Waals surface area (Å²) in [5, 5.41) is 14.7. The summed E-state index contributed by atoms with van der Waals surface area (Å²) in [4.78, 5) is 14.0. The zero-order valence-corrected chi connectivity index (χ0v) is 18.9. The topological polar surface area (TPSA) is 90.3 Å². The first-order valence-corrected chi connectivity index (χ1v) is 10.3. The Morgan fingerprint density at radius 3 is 2.30 bits per heavy atom. The number of rotatable bonds is 5. The molecule has 4 aromatic rings. The van der Waals surface area contributed by atoms with Crippen LogP contribution in [0.3, 0.4) is 0 Å². The summed E-state index contributed by atoms with van der Waals surface area (Å²) in [6.07, 6.45) is 0. The quantitative estimate of drug-likeness (QED) is 0.431. The van der Waals surface area contributed by atoms with Crippen molar-refractivity contribution in [2.75, 3.05) is 19.5 Å². The molecule has 8 nitrogen and oxygen atoms in total. The number of hydrogen-bond acceptors (Lipinski definition) is 6. The van der Waals surface area contributed by atoms with Crippen molar-refractivity contribution < 1.29 is 18.7 Å². The Hall–Kier alpha value is -4.05. The van der Waals surface area contributed by atoms with Gasteiger partial charge in [-0.05, 0) is 79.3 Å². The van der Waals surface area contributed by atoms with Crippen LogP contribution in [0.4, 0.5) is 10.1 Å². The molecule has 3 aromatic carbocycles. The fraction of sp³-hybridized carbons (Fsp3) is 0.130. The lowest BCUT2D eigenvalue weighted by atomic mass is 10.1. The minimum Gasteiger partial charge on any atom is -0.493 e. The molecule has 0 bridgehead atoms. The molecule has 0 aliphatic rings. The summed E-state index contributed by atoms with van der Waals surface area (Å²) in [5.74, 6) is 0.234. The Morgan fingerprint density at radius 1 is 0.970 bits per heavy atom. The van der Waals surface area contributed by atoms with E-state index in [4.69, 9.17) is 21.7 Å². The van der Waals surface area contributed by atoms with E-state index < -0.39 is 5.91 Å². The summed E-state index contributed by atoms with van der Waals surface area (Å²) in [7, 11) is 3.02. The SMILES string of the molecule is COc1ccc(C(=O)NC(=S)Nc2cc3nn(-c4ccc(F)cc4)nc3cc2C)cc1OC. The largest absolute Gasteiger partial charge is 0.493 e. The fourth-order valence-corrected chi connectivity index (χ4v) is 3.40. The van der Waals surface area contributed by atoms with Crippen LogP contribution in [0.25, 0.3) is 16.7 Å². The van der Waals surface area contributed by atoms with Gasteiger partial charge in [-0.25, -0.2) is 4.39 Å². The second-order valence-corrected chi connectivity index (χ2v) is 7.51. The van der Waals surface area contributed by atoms with E-state index in [9.17, 15) is 9.18 Å². The van der Waals surface area contributed by atoms with Crippen LogP contribution in [0.5, 0.6) is 11.5 Å². The number of nitrogens with one attached hydrogen (secondary N) is 2. The first-order valence-electron chi connectivity index (χ1n) is 9.86. The number of fused-ring (bicyclic) bond motifs is 1. The molecule has 0 aliphatic carbocycles. The molecule has 0 saturated carbocycles. The van der Waals surface area contributed by atoms with Crippen LogP contribution in [-0.4, -0.2) is 40.2 Å². The second kappa shape index (κ2) is 9.21. The van der Waals surface area contributed by atoms with Crippen LogP contribution in [0.2, 0.25) is 0 Å². The summed E-state index contributed by atoms with van der Waals surface area (Å²) in [6, 6.07) is 14.4. The number of amides is 1. The minimum atomic E-state index is -0.394. The number of ether oxygens (including phenoxy) is 2. The van der Waals surface area contributed by atoms with E-state index in [0.717, 1.165) is 5.56 Å². The Morgan fingerprint density at radius 2 is 1.64 bits per heavy atom. The maximum absolute atomic E-state index is 13.2. The van der Waals surface area contributed by atoms with Crippen LogP contribution >= 0.6 is 12.2 Å². The van der Waals surface area contributed by atoms with Crippen molar-refractivity contribution in [3.05, 3.63) is 71.5 Å². The fourth-order valence-electron chi connectivity index (χ4n) is 3.20. The van der Waals surface area contributed by atoms with Crippen LogP contribution in [0.15, 0.2) is 54.6 Å². The van der Waals surface area contributed by atoms with Crippen molar-refractivity contribution in [2.45, 2.75) is 6.92 Å². The molecule has 0 atom stereocenters. The van der Waals surface area contributed by atoms with Gasteiger partial charge in [-0.3, -0.25) is 10.1 Å². The van der Waals surface area contributed by atoms with E-state index in [1.54, 1.807) is 36.4 Å². The van der Waals surface area contributed by atoms with Crippen LogP contribution < -0.4 is 20.1 Å². The van der Waals surface area contributed by atoms with Gasteiger partial charge in [-0.2, -0.15) is 4.80 Å². The molecule has 33 heavy (non-hydrogen) atoms. The molecule has 1 aromatic heterocycles. The third-order valence-corrected chi connectivity index (χ3v) is 5.11. The Balaban J connectivity index is 1.51. The number of aryl methyl sites for hydroxylation is 1. The number of hydrogen-bond donors (Lipinski definition) is 2. The number of nitrogens with zero attached hydrogens (tertiary/aromatic N) is 3. The van der Waals surface area contributed by atoms with Gasteiger partial charge in [0.15, 0.2) is 16.6 Å². The lowest BCUT2D eigenvalue weighted by Gasteiger charge is -2.13. The maximum atomic E-state index is 13.2. The average molecular weight is 466 g/mol. The molecular formula is C23H20FN5O3S. The number of anilines is 1. The van der Waals surface area contributed by atoms with Gasteiger partial charge in [0.2, 0.25) is 0 Å². The highest BCUT2D eigenvalue weighted by molar-refractivity contribution is 7.80. The Labute approximate surface area is 194 Å². The lowest BCUT2D eigenvalue weighted by Crippen LogP contribution is -2.34. The summed E-state index contributed by atoms with van der Waals surface area (Å²) in [6.45, 7) is 1.89. The normalized spacial score (nSPS) is 10.7. The Bertz CT molecular complexity index is 1350. The van der Waals surface area contributed by atoms with Gasteiger partial charge in [-0.15, -0.1) is 10.2 Å². The van der Waals surface area contributed by atoms with E-state index in [1.165, 1.54) is 31.1 Å². The smallest absolute Gasteiger partial charge is 0.257 e. The van der Waals surface area contributed by atoms with Crippen molar-refractivity contribution in [1.82, 2.24) is 20.3 Å². The van der Waals surface area contributed by atoms with E-state index in [2.05, 4.69) is 20.8 Å². The molecule has 0 fully saturated rings. The highest BCUT2D eigenvalue weighted by atomic mass is 32.1. The number of carbonyl (C=O) groups is 1. The number of halogens is 1. The van der Waals surface area contributed by atoms with E-state index in [1.807, 2.05) is 13.0 Å².